The van der Waals surface area contributed by atoms with Gasteiger partial charge in [0.2, 0.25) is 11.8 Å². The van der Waals surface area contributed by atoms with Crippen molar-refractivity contribution in [3.05, 3.63) is 64.1 Å². The van der Waals surface area contributed by atoms with E-state index in [2.05, 4.69) is 15.9 Å². The van der Waals surface area contributed by atoms with Crippen molar-refractivity contribution in [3.63, 3.8) is 0 Å². The molecule has 30 heavy (non-hydrogen) atoms. The van der Waals surface area contributed by atoms with Gasteiger partial charge in [0.25, 0.3) is 0 Å². The lowest BCUT2D eigenvalue weighted by Crippen LogP contribution is -2.30. The minimum atomic E-state index is -0.639. The van der Waals surface area contributed by atoms with Crippen LogP contribution in [0.2, 0.25) is 0 Å². The third-order valence-electron chi connectivity index (χ3n) is 5.70. The zero-order chi connectivity index (χ0) is 21.3. The number of ketones is 1. The molecule has 1 saturated heterocycles. The van der Waals surface area contributed by atoms with Crippen molar-refractivity contribution in [2.45, 2.75) is 25.7 Å². The first kappa shape index (κ1) is 20.5. The largest absolute Gasteiger partial charge is 0.454 e. The molecule has 2 aromatic carbocycles. The number of carbonyl (C=O) groups excluding carboxylic acids is 4. The number of hydrogen-bond acceptors (Lipinski definition) is 5. The molecule has 0 spiro atoms. The fourth-order valence-electron chi connectivity index (χ4n) is 4.10. The Balaban J connectivity index is 1.40. The summed E-state index contributed by atoms with van der Waals surface area (Å²) in [5.74, 6) is -1.69. The van der Waals surface area contributed by atoms with Gasteiger partial charge in [0, 0.05) is 10.0 Å². The molecule has 2 aliphatic rings. The number of Topliss-reactive ketones (excluding diaryl/α,β-unsaturated/α-hetero) is 1. The maximum absolute atomic E-state index is 12.7. The summed E-state index contributed by atoms with van der Waals surface area (Å²) in [6, 6.07) is 12.9. The number of anilines is 1. The molecular formula is C23H20BrNO5. The predicted molar refractivity (Wildman–Crippen MR) is 113 cm³/mol. The number of halogens is 1. The van der Waals surface area contributed by atoms with Crippen molar-refractivity contribution >= 4 is 45.2 Å². The highest BCUT2D eigenvalue weighted by Gasteiger charge is 2.48. The van der Waals surface area contributed by atoms with Gasteiger partial charge in [-0.15, -0.1) is 0 Å². The lowest BCUT2D eigenvalue weighted by atomic mass is 9.81. The van der Waals surface area contributed by atoms with E-state index in [4.69, 9.17) is 4.74 Å². The second-order valence-electron chi connectivity index (χ2n) is 7.56. The molecule has 0 unspecified atom stereocenters. The monoisotopic (exact) mass is 469 g/mol. The maximum atomic E-state index is 12.7. The number of amides is 2. The summed E-state index contributed by atoms with van der Waals surface area (Å²) >= 11 is 3.30. The molecule has 1 saturated carbocycles. The lowest BCUT2D eigenvalue weighted by molar-refractivity contribution is -0.122. The summed E-state index contributed by atoms with van der Waals surface area (Å²) < 4.78 is 5.96. The van der Waals surface area contributed by atoms with E-state index >= 15 is 0 Å². The Morgan fingerprint density at radius 1 is 0.867 bits per heavy atom. The van der Waals surface area contributed by atoms with Crippen LogP contribution in [0.3, 0.4) is 0 Å². The van der Waals surface area contributed by atoms with Crippen LogP contribution in [0.4, 0.5) is 5.69 Å². The highest BCUT2D eigenvalue weighted by Crippen LogP contribution is 2.40. The third-order valence-corrected chi connectivity index (χ3v) is 6.23. The van der Waals surface area contributed by atoms with Gasteiger partial charge in [-0.3, -0.25) is 19.3 Å². The Bertz CT molecular complexity index is 975. The molecule has 4 rings (SSSR count). The molecule has 154 valence electrons. The van der Waals surface area contributed by atoms with Crippen LogP contribution in [0.25, 0.3) is 0 Å². The molecule has 6 nitrogen and oxygen atoms in total. The van der Waals surface area contributed by atoms with Crippen molar-refractivity contribution in [3.8, 4) is 0 Å². The lowest BCUT2D eigenvalue weighted by Gasteiger charge is -2.19. The van der Waals surface area contributed by atoms with Gasteiger partial charge in [-0.05, 0) is 49.2 Å². The second kappa shape index (κ2) is 8.52. The van der Waals surface area contributed by atoms with E-state index in [-0.39, 0.29) is 41.6 Å². The Kier molecular flexibility index (Phi) is 5.81. The number of fused-ring (bicyclic) bond motifs is 1. The second-order valence-corrected chi connectivity index (χ2v) is 8.48. The van der Waals surface area contributed by atoms with Gasteiger partial charge in [-0.25, -0.2) is 4.79 Å². The van der Waals surface area contributed by atoms with E-state index in [1.165, 1.54) is 17.0 Å². The van der Waals surface area contributed by atoms with Crippen LogP contribution in [0, 0.1) is 11.8 Å². The average Bonchev–Trinajstić information content (AvgIpc) is 3.03. The number of benzene rings is 2. The molecule has 2 amide bonds. The summed E-state index contributed by atoms with van der Waals surface area (Å²) in [5, 5.41) is 0. The predicted octanol–water partition coefficient (Wildman–Crippen LogP) is 4.17. The molecular weight excluding hydrogens is 450 g/mol. The summed E-state index contributed by atoms with van der Waals surface area (Å²) in [6.07, 6.45) is 3.45. The maximum Gasteiger partial charge on any atom is 0.338 e. The summed E-state index contributed by atoms with van der Waals surface area (Å²) in [5.41, 5.74) is 1.16. The fraction of sp³-hybridized carbons (Fsp3) is 0.304. The fourth-order valence-corrected chi connectivity index (χ4v) is 4.36. The van der Waals surface area contributed by atoms with Gasteiger partial charge in [0.1, 0.15) is 0 Å². The van der Waals surface area contributed by atoms with Crippen LogP contribution < -0.4 is 4.90 Å². The van der Waals surface area contributed by atoms with E-state index in [9.17, 15) is 19.2 Å². The quantitative estimate of drug-likeness (QED) is 0.372. The molecule has 1 aliphatic heterocycles. The Hall–Kier alpha value is -2.80. The summed E-state index contributed by atoms with van der Waals surface area (Å²) in [6.45, 7) is -0.366. The molecule has 2 fully saturated rings. The van der Waals surface area contributed by atoms with Crippen LogP contribution in [0.15, 0.2) is 53.0 Å². The smallest absolute Gasteiger partial charge is 0.338 e. The molecule has 2 aromatic rings. The number of rotatable bonds is 5. The normalized spacial score (nSPS) is 20.8. The van der Waals surface area contributed by atoms with Gasteiger partial charge in [0.05, 0.1) is 23.1 Å². The van der Waals surface area contributed by atoms with Crippen molar-refractivity contribution < 1.29 is 23.9 Å². The molecule has 2 atom stereocenters. The molecule has 1 heterocycles. The standard InChI is InChI=1S/C23H20BrNO5/c24-16-9-5-14(6-10-16)20(26)13-30-23(29)15-7-11-17(12-8-15)25-21(27)18-3-1-2-4-19(18)22(25)28/h5-12,18-19H,1-4,13H2/t18-,19+. The Labute approximate surface area is 182 Å². The highest BCUT2D eigenvalue weighted by atomic mass is 79.9. The first-order valence-corrected chi connectivity index (χ1v) is 10.7. The van der Waals surface area contributed by atoms with Crippen LogP contribution in [0.5, 0.6) is 0 Å². The minimum Gasteiger partial charge on any atom is -0.454 e. The van der Waals surface area contributed by atoms with Crippen LogP contribution in [0.1, 0.15) is 46.4 Å². The first-order valence-electron chi connectivity index (χ1n) is 9.89. The molecule has 0 aromatic heterocycles. The molecule has 1 aliphatic carbocycles. The van der Waals surface area contributed by atoms with Gasteiger partial charge in [-0.2, -0.15) is 0 Å². The number of nitrogens with zero attached hydrogens (tertiary/aromatic N) is 1. The molecule has 0 N–H and O–H groups in total. The van der Waals surface area contributed by atoms with E-state index in [1.807, 2.05) is 0 Å². The van der Waals surface area contributed by atoms with Crippen molar-refractivity contribution in [1.29, 1.82) is 0 Å². The van der Waals surface area contributed by atoms with Crippen LogP contribution in [-0.4, -0.2) is 30.2 Å². The van der Waals surface area contributed by atoms with E-state index < -0.39 is 5.97 Å². The van der Waals surface area contributed by atoms with Crippen molar-refractivity contribution in [1.82, 2.24) is 0 Å². The molecule has 0 radical (unpaired) electrons. The van der Waals surface area contributed by atoms with E-state index in [1.54, 1.807) is 36.4 Å². The number of ether oxygens (including phenoxy) is 1. The SMILES string of the molecule is O=C(COC(=O)c1ccc(N2C(=O)[C@H]3CCCC[C@H]3C2=O)cc1)c1ccc(Br)cc1. The Morgan fingerprint density at radius 2 is 1.40 bits per heavy atom. The molecule has 7 heteroatoms. The van der Waals surface area contributed by atoms with Gasteiger partial charge in [-0.1, -0.05) is 40.9 Å². The van der Waals surface area contributed by atoms with E-state index in [0.29, 0.717) is 11.3 Å². The number of hydrogen-bond donors (Lipinski definition) is 0. The zero-order valence-corrected chi connectivity index (χ0v) is 17.8. The van der Waals surface area contributed by atoms with Gasteiger partial charge in [0.15, 0.2) is 12.4 Å². The topological polar surface area (TPSA) is 80.8 Å². The van der Waals surface area contributed by atoms with Gasteiger partial charge < -0.3 is 4.74 Å². The van der Waals surface area contributed by atoms with Crippen LogP contribution >= 0.6 is 15.9 Å². The van der Waals surface area contributed by atoms with Crippen molar-refractivity contribution in [2.24, 2.45) is 11.8 Å². The zero-order valence-electron chi connectivity index (χ0n) is 16.2. The average molecular weight is 470 g/mol. The first-order chi connectivity index (χ1) is 14.5. The third kappa shape index (κ3) is 3.94. The minimum absolute atomic E-state index is 0.153. The summed E-state index contributed by atoms with van der Waals surface area (Å²) in [4.78, 5) is 51.0. The number of esters is 1. The number of carbonyl (C=O) groups is 4. The molecule has 0 bridgehead atoms. The van der Waals surface area contributed by atoms with Gasteiger partial charge >= 0.3 is 5.97 Å². The van der Waals surface area contributed by atoms with E-state index in [0.717, 1.165) is 30.2 Å². The van der Waals surface area contributed by atoms with Crippen molar-refractivity contribution in [2.75, 3.05) is 11.5 Å². The highest BCUT2D eigenvalue weighted by molar-refractivity contribution is 9.10. The van der Waals surface area contributed by atoms with Crippen LogP contribution in [-0.2, 0) is 14.3 Å². The number of imide groups is 1. The summed E-state index contributed by atoms with van der Waals surface area (Å²) in [7, 11) is 0. The Morgan fingerprint density at radius 3 is 1.97 bits per heavy atom.